The zero-order chi connectivity index (χ0) is 34.6. The average Bonchev–Trinajstić information content (AvgIpc) is 3.79. The van der Waals surface area contributed by atoms with E-state index in [2.05, 4.69) is 43.0 Å². The van der Waals surface area contributed by atoms with Crippen molar-refractivity contribution < 1.29 is 23.8 Å². The first-order valence-corrected chi connectivity index (χ1v) is 17.7. The van der Waals surface area contributed by atoms with Gasteiger partial charge in [0.25, 0.3) is 0 Å². The average molecular weight is 699 g/mol. The summed E-state index contributed by atoms with van der Waals surface area (Å²) < 4.78 is 11.9. The van der Waals surface area contributed by atoms with Crippen LogP contribution >= 0.6 is 22.9 Å². The number of fused-ring (bicyclic) bond motifs is 2. The van der Waals surface area contributed by atoms with Crippen LogP contribution in [0.4, 0.5) is 4.79 Å². The maximum Gasteiger partial charge on any atom is 0.410 e. The standard InChI is InChI=1S/C38H39ClN4O5S/c1-21-25(26-9-7-11-28(22(26)2)35-41-30-13-15-43(20-32(30)49-35)37(46)48-38(3,4)5)8-6-10-27(21)34-40-31-17-23(16-29(39)33(31)47-34)18-42-14-12-24(19-42)36(44)45/h6-11,16-17,24H,12-15,18-20H2,1-5H3,(H,44,45). The summed E-state index contributed by atoms with van der Waals surface area (Å²) in [5.74, 6) is -0.579. The van der Waals surface area contributed by atoms with E-state index in [1.165, 1.54) is 0 Å². The lowest BCUT2D eigenvalue weighted by molar-refractivity contribution is -0.141. The van der Waals surface area contributed by atoms with Crippen LogP contribution in [0.1, 0.15) is 54.5 Å². The van der Waals surface area contributed by atoms with E-state index >= 15 is 0 Å². The number of oxazole rings is 1. The number of hydrogen-bond donors (Lipinski definition) is 1. The van der Waals surface area contributed by atoms with Crippen molar-refractivity contribution in [3.05, 3.63) is 80.8 Å². The molecule has 5 aromatic rings. The maximum atomic E-state index is 12.7. The number of ether oxygens (including phenoxy) is 1. The Hall–Kier alpha value is -4.25. The molecular weight excluding hydrogens is 660 g/mol. The molecule has 254 valence electrons. The molecule has 1 saturated heterocycles. The van der Waals surface area contributed by atoms with E-state index in [0.717, 1.165) is 61.1 Å². The first-order chi connectivity index (χ1) is 23.3. The SMILES string of the molecule is Cc1c(-c2nc3cc(CN4CCC(C(=O)O)C4)cc(Cl)c3o2)cccc1-c1cccc(-c2nc3c(s2)CN(C(=O)OC(C)(C)C)CC3)c1C. The van der Waals surface area contributed by atoms with E-state index in [4.69, 9.17) is 30.7 Å². The van der Waals surface area contributed by atoms with Crippen molar-refractivity contribution >= 4 is 46.1 Å². The number of carboxylic acid groups (broad SMARTS) is 1. The maximum absolute atomic E-state index is 12.7. The fraction of sp³-hybridized carbons (Fsp3) is 0.368. The molecule has 2 aromatic heterocycles. The molecule has 1 amide bonds. The van der Waals surface area contributed by atoms with Crippen molar-refractivity contribution in [2.24, 2.45) is 5.92 Å². The number of benzene rings is 3. The third kappa shape index (κ3) is 6.69. The summed E-state index contributed by atoms with van der Waals surface area (Å²) in [6.45, 7) is 12.8. The lowest BCUT2D eigenvalue weighted by atomic mass is 9.91. The van der Waals surface area contributed by atoms with Gasteiger partial charge in [0.05, 0.1) is 23.2 Å². The number of aliphatic carboxylic acids is 1. The molecule has 49 heavy (non-hydrogen) atoms. The van der Waals surface area contributed by atoms with Gasteiger partial charge in [-0.2, -0.15) is 0 Å². The third-order valence-corrected chi connectivity index (χ3v) is 10.7. The van der Waals surface area contributed by atoms with Crippen LogP contribution in [0.15, 0.2) is 52.9 Å². The minimum absolute atomic E-state index is 0.291. The van der Waals surface area contributed by atoms with Gasteiger partial charge in [-0.1, -0.05) is 41.9 Å². The number of rotatable bonds is 6. The summed E-state index contributed by atoms with van der Waals surface area (Å²) in [6, 6.07) is 16.3. The van der Waals surface area contributed by atoms with Gasteiger partial charge >= 0.3 is 12.1 Å². The van der Waals surface area contributed by atoms with Crippen LogP contribution in [-0.4, -0.2) is 62.2 Å². The van der Waals surface area contributed by atoms with Crippen LogP contribution in [0.5, 0.6) is 0 Å². The number of thiazole rings is 1. The number of aromatic nitrogens is 2. The van der Waals surface area contributed by atoms with Crippen LogP contribution in [0, 0.1) is 19.8 Å². The quantitative estimate of drug-likeness (QED) is 0.188. The molecule has 9 nitrogen and oxygen atoms in total. The van der Waals surface area contributed by atoms with Crippen molar-refractivity contribution in [1.82, 2.24) is 19.8 Å². The van der Waals surface area contributed by atoms with Gasteiger partial charge in [-0.25, -0.2) is 14.8 Å². The van der Waals surface area contributed by atoms with E-state index in [0.29, 0.717) is 61.0 Å². The van der Waals surface area contributed by atoms with Gasteiger partial charge in [-0.05, 0) is 93.6 Å². The van der Waals surface area contributed by atoms with E-state index in [-0.39, 0.29) is 12.0 Å². The van der Waals surface area contributed by atoms with Crippen molar-refractivity contribution in [1.29, 1.82) is 0 Å². The minimum atomic E-state index is -0.744. The molecule has 0 aliphatic carbocycles. The summed E-state index contributed by atoms with van der Waals surface area (Å²) >= 11 is 8.34. The van der Waals surface area contributed by atoms with Gasteiger partial charge in [-0.15, -0.1) is 11.3 Å². The van der Waals surface area contributed by atoms with Crippen molar-refractivity contribution in [3.8, 4) is 33.2 Å². The molecule has 0 spiro atoms. The predicted molar refractivity (Wildman–Crippen MR) is 192 cm³/mol. The fourth-order valence-electron chi connectivity index (χ4n) is 6.80. The highest BCUT2D eigenvalue weighted by Crippen LogP contribution is 2.40. The number of hydrogen-bond acceptors (Lipinski definition) is 8. The second kappa shape index (κ2) is 12.9. The summed E-state index contributed by atoms with van der Waals surface area (Å²) in [5, 5.41) is 10.8. The van der Waals surface area contributed by atoms with E-state index < -0.39 is 11.6 Å². The number of carboxylic acids is 1. The molecule has 0 radical (unpaired) electrons. The lowest BCUT2D eigenvalue weighted by Crippen LogP contribution is -2.39. The monoisotopic (exact) mass is 698 g/mol. The Balaban J connectivity index is 1.16. The Morgan fingerprint density at radius 2 is 1.71 bits per heavy atom. The third-order valence-electron chi connectivity index (χ3n) is 9.33. The van der Waals surface area contributed by atoms with Gasteiger partial charge in [0.2, 0.25) is 5.89 Å². The largest absolute Gasteiger partial charge is 0.481 e. The van der Waals surface area contributed by atoms with Gasteiger partial charge in [0, 0.05) is 42.1 Å². The molecule has 1 atom stereocenters. The van der Waals surface area contributed by atoms with Gasteiger partial charge in [0.1, 0.15) is 16.1 Å². The molecule has 1 N–H and O–H groups in total. The first kappa shape index (κ1) is 33.3. The van der Waals surface area contributed by atoms with Gasteiger partial charge in [0.15, 0.2) is 5.58 Å². The Kier molecular flexibility index (Phi) is 8.75. The topological polar surface area (TPSA) is 109 Å². The van der Waals surface area contributed by atoms with E-state index in [1.807, 2.05) is 45.0 Å². The Labute approximate surface area is 294 Å². The summed E-state index contributed by atoms with van der Waals surface area (Å²) in [6.07, 6.45) is 1.06. The number of carbonyl (C=O) groups is 2. The van der Waals surface area contributed by atoms with Crippen LogP contribution in [-0.2, 0) is 29.0 Å². The Morgan fingerprint density at radius 1 is 1.02 bits per heavy atom. The van der Waals surface area contributed by atoms with Gasteiger partial charge < -0.3 is 19.2 Å². The second-order valence-corrected chi connectivity index (χ2v) is 15.5. The van der Waals surface area contributed by atoms with Crippen LogP contribution in [0.2, 0.25) is 5.02 Å². The molecule has 1 fully saturated rings. The number of carbonyl (C=O) groups excluding carboxylic acids is 1. The minimum Gasteiger partial charge on any atom is -0.481 e. The Morgan fingerprint density at radius 3 is 2.41 bits per heavy atom. The molecule has 7 rings (SSSR count). The zero-order valence-electron chi connectivity index (χ0n) is 28.3. The predicted octanol–water partition coefficient (Wildman–Crippen LogP) is 8.76. The van der Waals surface area contributed by atoms with Crippen LogP contribution in [0.3, 0.4) is 0 Å². The molecule has 1 unspecified atom stereocenters. The highest BCUT2D eigenvalue weighted by molar-refractivity contribution is 7.15. The highest BCUT2D eigenvalue weighted by Gasteiger charge is 2.30. The van der Waals surface area contributed by atoms with Crippen molar-refractivity contribution in [2.75, 3.05) is 19.6 Å². The van der Waals surface area contributed by atoms with Crippen LogP contribution < -0.4 is 0 Å². The van der Waals surface area contributed by atoms with E-state index in [1.54, 1.807) is 16.2 Å². The summed E-state index contributed by atoms with van der Waals surface area (Å²) in [4.78, 5) is 39.1. The zero-order valence-corrected chi connectivity index (χ0v) is 29.9. The van der Waals surface area contributed by atoms with E-state index in [9.17, 15) is 14.7 Å². The fourth-order valence-corrected chi connectivity index (χ4v) is 8.28. The summed E-state index contributed by atoms with van der Waals surface area (Å²) in [5.41, 5.74) is 8.97. The molecule has 2 aliphatic heterocycles. The number of nitrogens with zero attached hydrogens (tertiary/aromatic N) is 4. The molecule has 0 saturated carbocycles. The second-order valence-electron chi connectivity index (χ2n) is 14.0. The van der Waals surface area contributed by atoms with Crippen molar-refractivity contribution in [2.45, 2.75) is 66.2 Å². The first-order valence-electron chi connectivity index (χ1n) is 16.6. The molecule has 3 aromatic carbocycles. The molecular formula is C38H39ClN4O5S. The Bertz CT molecular complexity index is 2100. The summed E-state index contributed by atoms with van der Waals surface area (Å²) in [7, 11) is 0. The molecule has 0 bridgehead atoms. The highest BCUT2D eigenvalue weighted by atomic mass is 35.5. The van der Waals surface area contributed by atoms with Crippen LogP contribution in [0.25, 0.3) is 44.3 Å². The molecule has 2 aliphatic rings. The molecule has 11 heteroatoms. The lowest BCUT2D eigenvalue weighted by Gasteiger charge is -2.29. The smallest absolute Gasteiger partial charge is 0.410 e. The number of halogens is 1. The van der Waals surface area contributed by atoms with Gasteiger partial charge in [-0.3, -0.25) is 9.69 Å². The molecule has 4 heterocycles. The number of amides is 1. The number of likely N-dealkylation sites (tertiary alicyclic amines) is 1. The van der Waals surface area contributed by atoms with Crippen molar-refractivity contribution in [3.63, 3.8) is 0 Å². The normalized spacial score (nSPS) is 16.7.